The Labute approximate surface area is 220 Å². The summed E-state index contributed by atoms with van der Waals surface area (Å²) in [5, 5.41) is 3.38. The molecule has 3 atom stereocenters. The van der Waals surface area contributed by atoms with Gasteiger partial charge in [-0.15, -0.1) is 0 Å². The molecule has 1 aromatic carbocycles. The first kappa shape index (κ1) is 27.9. The van der Waals surface area contributed by atoms with Crippen molar-refractivity contribution in [3.05, 3.63) is 59.2 Å². The third kappa shape index (κ3) is 6.85. The SMILES string of the molecule is CC1C=CC=C(C(c2ccc(C(F)(F)F)cc2)N2CCN(C(=O)CC3CCNCC3)C(C(C)(C)C)C2)C1. The number of nitrogens with zero attached hydrogens (tertiary/aromatic N) is 2. The van der Waals surface area contributed by atoms with E-state index in [4.69, 9.17) is 0 Å². The molecule has 1 aromatic rings. The van der Waals surface area contributed by atoms with E-state index in [1.807, 2.05) is 0 Å². The van der Waals surface area contributed by atoms with E-state index in [1.165, 1.54) is 17.7 Å². The van der Waals surface area contributed by atoms with Crippen LogP contribution in [0.1, 0.15) is 70.5 Å². The highest BCUT2D eigenvalue weighted by atomic mass is 19.4. The van der Waals surface area contributed by atoms with Gasteiger partial charge in [0.2, 0.25) is 5.91 Å². The molecule has 0 saturated carbocycles. The minimum absolute atomic E-state index is 0.0320. The van der Waals surface area contributed by atoms with E-state index in [1.54, 1.807) is 12.1 Å². The van der Waals surface area contributed by atoms with Gasteiger partial charge in [0, 0.05) is 32.1 Å². The first-order chi connectivity index (χ1) is 17.4. The van der Waals surface area contributed by atoms with Crippen LogP contribution in [0.15, 0.2) is 48.1 Å². The van der Waals surface area contributed by atoms with Gasteiger partial charge in [-0.25, -0.2) is 0 Å². The van der Waals surface area contributed by atoms with Crippen molar-refractivity contribution in [2.45, 2.75) is 71.6 Å². The number of halogens is 3. The second-order valence-corrected chi connectivity index (χ2v) is 12.2. The number of amides is 1. The molecule has 3 aliphatic rings. The summed E-state index contributed by atoms with van der Waals surface area (Å²) < 4.78 is 39.8. The van der Waals surface area contributed by atoms with Gasteiger partial charge in [0.15, 0.2) is 0 Å². The molecule has 2 aliphatic heterocycles. The van der Waals surface area contributed by atoms with E-state index >= 15 is 0 Å². The summed E-state index contributed by atoms with van der Waals surface area (Å²) in [5.41, 5.74) is 1.35. The monoisotopic (exact) mass is 517 g/mol. The smallest absolute Gasteiger partial charge is 0.337 e. The molecule has 2 heterocycles. The highest BCUT2D eigenvalue weighted by molar-refractivity contribution is 5.77. The van der Waals surface area contributed by atoms with Crippen LogP contribution in [0, 0.1) is 17.3 Å². The summed E-state index contributed by atoms with van der Waals surface area (Å²) in [5.74, 6) is 1.06. The minimum Gasteiger partial charge on any atom is -0.337 e. The van der Waals surface area contributed by atoms with Crippen LogP contribution >= 0.6 is 0 Å². The molecule has 7 heteroatoms. The largest absolute Gasteiger partial charge is 0.416 e. The highest BCUT2D eigenvalue weighted by Gasteiger charge is 2.41. The number of hydrogen-bond acceptors (Lipinski definition) is 3. The Hall–Kier alpha value is -2.12. The van der Waals surface area contributed by atoms with Crippen LogP contribution < -0.4 is 5.32 Å². The first-order valence-electron chi connectivity index (χ1n) is 13.7. The molecule has 1 amide bonds. The van der Waals surface area contributed by atoms with Gasteiger partial charge in [0.05, 0.1) is 11.6 Å². The van der Waals surface area contributed by atoms with Gasteiger partial charge in [0.1, 0.15) is 0 Å². The van der Waals surface area contributed by atoms with Crippen molar-refractivity contribution < 1.29 is 18.0 Å². The molecule has 1 N–H and O–H groups in total. The van der Waals surface area contributed by atoms with Gasteiger partial charge in [-0.2, -0.15) is 13.2 Å². The summed E-state index contributed by atoms with van der Waals surface area (Å²) in [7, 11) is 0. The molecule has 2 fully saturated rings. The van der Waals surface area contributed by atoms with E-state index < -0.39 is 11.7 Å². The molecule has 1 aliphatic carbocycles. The molecular formula is C30H42F3N3O. The van der Waals surface area contributed by atoms with Crippen LogP contribution in [0.4, 0.5) is 13.2 Å². The molecule has 0 radical (unpaired) electrons. The van der Waals surface area contributed by atoms with Crippen LogP contribution in [-0.4, -0.2) is 54.5 Å². The molecular weight excluding hydrogens is 475 g/mol. The van der Waals surface area contributed by atoms with Crippen LogP contribution in [0.2, 0.25) is 0 Å². The lowest BCUT2D eigenvalue weighted by Crippen LogP contribution is -2.60. The zero-order valence-electron chi connectivity index (χ0n) is 22.7. The first-order valence-corrected chi connectivity index (χ1v) is 13.7. The van der Waals surface area contributed by atoms with Crippen molar-refractivity contribution in [1.29, 1.82) is 0 Å². The fourth-order valence-electron chi connectivity index (χ4n) is 6.12. The molecule has 0 spiro atoms. The Bertz CT molecular complexity index is 987. The Morgan fingerprint density at radius 2 is 1.76 bits per heavy atom. The Balaban J connectivity index is 1.60. The van der Waals surface area contributed by atoms with Crippen molar-refractivity contribution in [2.75, 3.05) is 32.7 Å². The van der Waals surface area contributed by atoms with Gasteiger partial charge in [-0.05, 0) is 72.9 Å². The van der Waals surface area contributed by atoms with Crippen molar-refractivity contribution in [3.8, 4) is 0 Å². The standard InChI is InChI=1S/C30H42F3N3O/c1-21-6-5-7-24(18-21)28(23-8-10-25(11-9-23)30(31,32)33)35-16-17-36(26(20-35)29(2,3)4)27(37)19-22-12-14-34-15-13-22/h5-11,21-22,26,28,34H,12-20H2,1-4H3. The predicted octanol–water partition coefficient (Wildman–Crippen LogP) is 6.22. The normalized spacial score (nSPS) is 25.2. The van der Waals surface area contributed by atoms with Gasteiger partial charge in [-0.3, -0.25) is 9.69 Å². The topological polar surface area (TPSA) is 35.6 Å². The van der Waals surface area contributed by atoms with Crippen molar-refractivity contribution in [3.63, 3.8) is 0 Å². The van der Waals surface area contributed by atoms with E-state index in [0.717, 1.165) is 37.9 Å². The third-order valence-electron chi connectivity index (χ3n) is 8.23. The number of rotatable bonds is 5. The second kappa shape index (κ2) is 11.3. The number of alkyl halides is 3. The maximum Gasteiger partial charge on any atom is 0.416 e. The Morgan fingerprint density at radius 1 is 1.08 bits per heavy atom. The van der Waals surface area contributed by atoms with Crippen molar-refractivity contribution >= 4 is 5.91 Å². The number of nitrogens with one attached hydrogen (secondary N) is 1. The highest BCUT2D eigenvalue weighted by Crippen LogP contribution is 2.40. The molecule has 37 heavy (non-hydrogen) atoms. The lowest BCUT2D eigenvalue weighted by atomic mass is 9.81. The van der Waals surface area contributed by atoms with E-state index in [0.29, 0.717) is 37.9 Å². The lowest BCUT2D eigenvalue weighted by Gasteiger charge is -2.50. The van der Waals surface area contributed by atoms with Gasteiger partial charge < -0.3 is 10.2 Å². The number of allylic oxidation sites excluding steroid dienone is 3. The summed E-state index contributed by atoms with van der Waals surface area (Å²) in [4.78, 5) is 18.0. The average Bonchev–Trinajstić information content (AvgIpc) is 2.84. The number of benzene rings is 1. The molecule has 4 nitrogen and oxygen atoms in total. The molecule has 4 rings (SSSR count). The number of piperidine rings is 1. The fourth-order valence-corrected chi connectivity index (χ4v) is 6.12. The number of carbonyl (C=O) groups excluding carboxylic acids is 1. The second-order valence-electron chi connectivity index (χ2n) is 12.2. The minimum atomic E-state index is -4.35. The maximum atomic E-state index is 13.5. The van der Waals surface area contributed by atoms with Crippen LogP contribution in [-0.2, 0) is 11.0 Å². The van der Waals surface area contributed by atoms with Crippen LogP contribution in [0.25, 0.3) is 0 Å². The Kier molecular flexibility index (Phi) is 8.54. The van der Waals surface area contributed by atoms with Crippen molar-refractivity contribution in [1.82, 2.24) is 15.1 Å². The zero-order valence-corrected chi connectivity index (χ0v) is 22.7. The predicted molar refractivity (Wildman–Crippen MR) is 142 cm³/mol. The molecule has 0 bridgehead atoms. The molecule has 2 saturated heterocycles. The quantitative estimate of drug-likeness (QED) is 0.504. The lowest BCUT2D eigenvalue weighted by molar-refractivity contribution is -0.141. The number of piperazine rings is 1. The van der Waals surface area contributed by atoms with E-state index in [9.17, 15) is 18.0 Å². The fraction of sp³-hybridized carbons (Fsp3) is 0.633. The van der Waals surface area contributed by atoms with Gasteiger partial charge in [0.25, 0.3) is 0 Å². The van der Waals surface area contributed by atoms with E-state index in [-0.39, 0.29) is 23.4 Å². The van der Waals surface area contributed by atoms with E-state index in [2.05, 4.69) is 61.0 Å². The third-order valence-corrected chi connectivity index (χ3v) is 8.23. The summed E-state index contributed by atoms with van der Waals surface area (Å²) in [6.45, 7) is 12.7. The van der Waals surface area contributed by atoms with Crippen LogP contribution in [0.3, 0.4) is 0 Å². The van der Waals surface area contributed by atoms with Crippen molar-refractivity contribution in [2.24, 2.45) is 17.3 Å². The maximum absolute atomic E-state index is 13.5. The summed E-state index contributed by atoms with van der Waals surface area (Å²) in [6.07, 6.45) is 5.57. The van der Waals surface area contributed by atoms with Crippen LogP contribution in [0.5, 0.6) is 0 Å². The molecule has 3 unspecified atom stereocenters. The Morgan fingerprint density at radius 3 is 2.35 bits per heavy atom. The number of carbonyl (C=O) groups is 1. The molecule has 204 valence electrons. The number of hydrogen-bond donors (Lipinski definition) is 1. The summed E-state index contributed by atoms with van der Waals surface area (Å²) >= 11 is 0. The zero-order chi connectivity index (χ0) is 26.8. The average molecular weight is 518 g/mol. The van der Waals surface area contributed by atoms with Gasteiger partial charge in [-0.1, -0.05) is 58.1 Å². The molecule has 0 aromatic heterocycles. The van der Waals surface area contributed by atoms with Gasteiger partial charge >= 0.3 is 6.18 Å². The summed E-state index contributed by atoms with van der Waals surface area (Å²) in [6, 6.07) is 5.59.